The molecule has 5 heteroatoms. The van der Waals surface area contributed by atoms with E-state index in [1.807, 2.05) is 44.2 Å². The fourth-order valence-electron chi connectivity index (χ4n) is 2.55. The molecule has 0 saturated carbocycles. The molecule has 134 valence electrons. The Morgan fingerprint density at radius 2 is 1.81 bits per heavy atom. The lowest BCUT2D eigenvalue weighted by Gasteiger charge is -2.13. The average molecular weight is 371 g/mol. The van der Waals surface area contributed by atoms with Gasteiger partial charge in [-0.25, -0.2) is 4.79 Å². The van der Waals surface area contributed by atoms with Crippen LogP contribution in [-0.4, -0.2) is 19.2 Å². The molecule has 3 rings (SSSR count). The van der Waals surface area contributed by atoms with Crippen LogP contribution in [0.2, 0.25) is 5.02 Å². The predicted molar refractivity (Wildman–Crippen MR) is 102 cm³/mol. The molecular weight excluding hydrogens is 352 g/mol. The summed E-state index contributed by atoms with van der Waals surface area (Å²) in [7, 11) is 1.59. The Morgan fingerprint density at radius 3 is 2.46 bits per heavy atom. The van der Waals surface area contributed by atoms with Crippen molar-refractivity contribution in [2.45, 2.75) is 20.0 Å². The predicted octanol–water partition coefficient (Wildman–Crippen LogP) is 5.12. The first-order valence-corrected chi connectivity index (χ1v) is 8.60. The molecule has 0 saturated heterocycles. The third-order valence-electron chi connectivity index (χ3n) is 3.73. The van der Waals surface area contributed by atoms with Gasteiger partial charge in [0.2, 0.25) is 0 Å². The minimum absolute atomic E-state index is 0.0442. The Morgan fingerprint density at radius 1 is 1.08 bits per heavy atom. The highest BCUT2D eigenvalue weighted by Crippen LogP contribution is 2.32. The van der Waals surface area contributed by atoms with Crippen LogP contribution >= 0.6 is 11.6 Å². The van der Waals surface area contributed by atoms with Gasteiger partial charge in [-0.2, -0.15) is 0 Å². The summed E-state index contributed by atoms with van der Waals surface area (Å²) in [6.45, 7) is 3.90. The van der Waals surface area contributed by atoms with E-state index in [9.17, 15) is 4.79 Å². The van der Waals surface area contributed by atoms with Crippen LogP contribution in [0.15, 0.2) is 54.1 Å². The van der Waals surface area contributed by atoms with Crippen LogP contribution in [0.4, 0.5) is 0 Å². The third kappa shape index (κ3) is 4.09. The highest BCUT2D eigenvalue weighted by atomic mass is 35.5. The van der Waals surface area contributed by atoms with Crippen molar-refractivity contribution in [3.63, 3.8) is 0 Å². The largest absolute Gasteiger partial charge is 0.493 e. The summed E-state index contributed by atoms with van der Waals surface area (Å²) in [5.41, 5.74) is 2.08. The fraction of sp³-hybridized carbons (Fsp3) is 0.190. The second-order valence-electron chi connectivity index (χ2n) is 6.08. The van der Waals surface area contributed by atoms with Crippen molar-refractivity contribution in [1.82, 2.24) is 0 Å². The van der Waals surface area contributed by atoms with Crippen molar-refractivity contribution in [3.8, 4) is 11.5 Å². The quantitative estimate of drug-likeness (QED) is 0.541. The van der Waals surface area contributed by atoms with Crippen molar-refractivity contribution in [3.05, 3.63) is 70.3 Å². The Hall–Kier alpha value is -2.72. The molecule has 1 heterocycles. The van der Waals surface area contributed by atoms with E-state index in [2.05, 4.69) is 0 Å². The van der Waals surface area contributed by atoms with Crippen molar-refractivity contribution in [2.24, 2.45) is 0 Å². The lowest BCUT2D eigenvalue weighted by Crippen LogP contribution is -2.06. The highest BCUT2D eigenvalue weighted by Gasteiger charge is 2.22. The zero-order chi connectivity index (χ0) is 18.7. The van der Waals surface area contributed by atoms with Crippen molar-refractivity contribution < 1.29 is 19.0 Å². The van der Waals surface area contributed by atoms with Gasteiger partial charge in [-0.1, -0.05) is 17.7 Å². The molecule has 0 aliphatic carbocycles. The normalized spacial score (nSPS) is 15.2. The van der Waals surface area contributed by atoms with Gasteiger partial charge in [-0.3, -0.25) is 0 Å². The van der Waals surface area contributed by atoms with E-state index >= 15 is 0 Å². The number of halogens is 1. The number of rotatable bonds is 5. The SMILES string of the molecule is COc1cc(/C=C2/C=C(c3ccc(Cl)cc3)OC2=O)ccc1OC(C)C. The molecule has 1 aliphatic heterocycles. The van der Waals surface area contributed by atoms with Crippen LogP contribution in [0, 0.1) is 0 Å². The molecule has 0 atom stereocenters. The Bertz CT molecular complexity index is 879. The topological polar surface area (TPSA) is 44.8 Å². The number of benzene rings is 2. The minimum atomic E-state index is -0.392. The van der Waals surface area contributed by atoms with Gasteiger partial charge in [0.15, 0.2) is 11.5 Å². The van der Waals surface area contributed by atoms with Crippen molar-refractivity contribution >= 4 is 29.4 Å². The number of carbonyl (C=O) groups excluding carboxylic acids is 1. The van der Waals surface area contributed by atoms with Crippen LogP contribution in [0.1, 0.15) is 25.0 Å². The van der Waals surface area contributed by atoms with Crippen LogP contribution in [0.5, 0.6) is 11.5 Å². The Labute approximate surface area is 157 Å². The zero-order valence-corrected chi connectivity index (χ0v) is 15.5. The van der Waals surface area contributed by atoms with E-state index in [1.165, 1.54) is 0 Å². The summed E-state index contributed by atoms with van der Waals surface area (Å²) in [4.78, 5) is 12.2. The first-order chi connectivity index (χ1) is 12.5. The van der Waals surface area contributed by atoms with Crippen molar-refractivity contribution in [1.29, 1.82) is 0 Å². The smallest absolute Gasteiger partial charge is 0.343 e. The molecule has 2 aromatic carbocycles. The third-order valence-corrected chi connectivity index (χ3v) is 3.98. The van der Waals surface area contributed by atoms with Gasteiger partial charge in [0, 0.05) is 10.6 Å². The van der Waals surface area contributed by atoms with E-state index in [0.717, 1.165) is 11.1 Å². The van der Waals surface area contributed by atoms with Gasteiger partial charge in [-0.15, -0.1) is 0 Å². The van der Waals surface area contributed by atoms with E-state index < -0.39 is 5.97 Å². The van der Waals surface area contributed by atoms with Crippen LogP contribution < -0.4 is 9.47 Å². The number of carbonyl (C=O) groups is 1. The second kappa shape index (κ2) is 7.67. The molecule has 26 heavy (non-hydrogen) atoms. The maximum absolute atomic E-state index is 12.2. The molecule has 0 unspecified atom stereocenters. The Kier molecular flexibility index (Phi) is 5.33. The van der Waals surface area contributed by atoms with Gasteiger partial charge in [-0.05, 0) is 68.0 Å². The molecule has 2 aromatic rings. The fourth-order valence-corrected chi connectivity index (χ4v) is 2.68. The lowest BCUT2D eigenvalue weighted by molar-refractivity contribution is -0.130. The second-order valence-corrected chi connectivity index (χ2v) is 6.52. The zero-order valence-electron chi connectivity index (χ0n) is 14.8. The van der Waals surface area contributed by atoms with Gasteiger partial charge >= 0.3 is 5.97 Å². The summed E-state index contributed by atoms with van der Waals surface area (Å²) < 4.78 is 16.4. The molecule has 0 bridgehead atoms. The molecule has 0 spiro atoms. The average Bonchev–Trinajstić information content (AvgIpc) is 2.97. The maximum atomic E-state index is 12.2. The summed E-state index contributed by atoms with van der Waals surface area (Å²) in [5.74, 6) is 1.39. The minimum Gasteiger partial charge on any atom is -0.493 e. The van der Waals surface area contributed by atoms with Crippen LogP contribution in [-0.2, 0) is 9.53 Å². The van der Waals surface area contributed by atoms with E-state index in [4.69, 9.17) is 25.8 Å². The molecule has 0 N–H and O–H groups in total. The number of ether oxygens (including phenoxy) is 3. The van der Waals surface area contributed by atoms with Gasteiger partial charge in [0.25, 0.3) is 0 Å². The van der Waals surface area contributed by atoms with Crippen LogP contribution in [0.25, 0.3) is 11.8 Å². The molecule has 4 nitrogen and oxygen atoms in total. The Balaban J connectivity index is 1.89. The highest BCUT2D eigenvalue weighted by molar-refractivity contribution is 6.30. The molecule has 0 fully saturated rings. The van der Waals surface area contributed by atoms with Crippen LogP contribution in [0.3, 0.4) is 0 Å². The first kappa shape index (κ1) is 18.1. The van der Waals surface area contributed by atoms with Gasteiger partial charge in [0.1, 0.15) is 5.76 Å². The number of hydrogen-bond donors (Lipinski definition) is 0. The number of hydrogen-bond acceptors (Lipinski definition) is 4. The first-order valence-electron chi connectivity index (χ1n) is 8.22. The molecule has 0 radical (unpaired) electrons. The van der Waals surface area contributed by atoms with Gasteiger partial charge in [0.05, 0.1) is 18.8 Å². The molecule has 0 amide bonds. The lowest BCUT2D eigenvalue weighted by atomic mass is 10.1. The van der Waals surface area contributed by atoms with E-state index in [1.54, 1.807) is 31.4 Å². The number of cyclic esters (lactones) is 1. The maximum Gasteiger partial charge on any atom is 0.343 e. The van der Waals surface area contributed by atoms with E-state index in [-0.39, 0.29) is 6.10 Å². The van der Waals surface area contributed by atoms with Crippen molar-refractivity contribution in [2.75, 3.05) is 7.11 Å². The number of esters is 1. The molecule has 1 aliphatic rings. The summed E-state index contributed by atoms with van der Waals surface area (Å²) in [6, 6.07) is 12.7. The monoisotopic (exact) mass is 370 g/mol. The standard InChI is InChI=1S/C21H19ClO4/c1-13(2)25-18-9-4-14(11-20(18)24-3)10-16-12-19(26-21(16)23)15-5-7-17(22)8-6-15/h4-13H,1-3H3/b16-10-. The number of methoxy groups -OCH3 is 1. The van der Waals surface area contributed by atoms with Gasteiger partial charge < -0.3 is 14.2 Å². The summed E-state index contributed by atoms with van der Waals surface area (Å²) in [5, 5.41) is 0.630. The molecule has 0 aromatic heterocycles. The van der Waals surface area contributed by atoms with E-state index in [0.29, 0.717) is 27.9 Å². The summed E-state index contributed by atoms with van der Waals surface area (Å²) >= 11 is 5.90. The molecular formula is C21H19ClO4. The summed E-state index contributed by atoms with van der Waals surface area (Å²) in [6.07, 6.45) is 3.52.